The summed E-state index contributed by atoms with van der Waals surface area (Å²) in [6, 6.07) is 5.83. The summed E-state index contributed by atoms with van der Waals surface area (Å²) in [4.78, 5) is 20.1. The third-order valence-electron chi connectivity index (χ3n) is 2.45. The number of aromatic nitrogens is 1. The number of rotatable bonds is 5. The number of carbonyl (C=O) groups excluding carboxylic acids is 1. The fourth-order valence-electron chi connectivity index (χ4n) is 1.58. The van der Waals surface area contributed by atoms with Gasteiger partial charge in [0.05, 0.1) is 0 Å². The maximum Gasteiger partial charge on any atom is 0.227 e. The second kappa shape index (κ2) is 8.14. The van der Waals surface area contributed by atoms with Crippen molar-refractivity contribution in [1.82, 2.24) is 15.6 Å². The van der Waals surface area contributed by atoms with E-state index in [2.05, 4.69) is 25.9 Å². The summed E-state index contributed by atoms with van der Waals surface area (Å²) in [6.07, 6.45) is 0.356. The Hall–Kier alpha value is -2.11. The molecule has 3 N–H and O–H groups in total. The van der Waals surface area contributed by atoms with Crippen molar-refractivity contribution in [1.29, 1.82) is 0 Å². The molecule has 0 spiro atoms. The third kappa shape index (κ3) is 6.17. The lowest BCUT2D eigenvalue weighted by Gasteiger charge is -2.14. The number of pyridine rings is 1. The van der Waals surface area contributed by atoms with Crippen LogP contribution in [0, 0.1) is 6.92 Å². The van der Waals surface area contributed by atoms with Crippen molar-refractivity contribution < 1.29 is 4.79 Å². The Balaban J connectivity index is 2.33. The molecule has 0 aromatic carbocycles. The fourth-order valence-corrected chi connectivity index (χ4v) is 1.58. The van der Waals surface area contributed by atoms with Crippen molar-refractivity contribution in [2.24, 2.45) is 4.99 Å². The van der Waals surface area contributed by atoms with Crippen LogP contribution >= 0.6 is 0 Å². The molecule has 6 heteroatoms. The van der Waals surface area contributed by atoms with Gasteiger partial charge in [0.25, 0.3) is 0 Å². The number of aryl methyl sites for hydroxylation is 1. The summed E-state index contributed by atoms with van der Waals surface area (Å²) < 4.78 is 0. The van der Waals surface area contributed by atoms with Gasteiger partial charge in [0, 0.05) is 31.7 Å². The minimum Gasteiger partial charge on any atom is -0.356 e. The van der Waals surface area contributed by atoms with Gasteiger partial charge in [0.2, 0.25) is 5.91 Å². The Labute approximate surface area is 120 Å². The minimum atomic E-state index is -0.0735. The van der Waals surface area contributed by atoms with Gasteiger partial charge in [0.1, 0.15) is 5.82 Å². The zero-order chi connectivity index (χ0) is 15.0. The first-order valence-corrected chi connectivity index (χ1v) is 6.72. The second-order valence-corrected chi connectivity index (χ2v) is 4.76. The molecule has 0 aliphatic carbocycles. The lowest BCUT2D eigenvalue weighted by atomic mass is 10.3. The van der Waals surface area contributed by atoms with Crippen LogP contribution in [-0.2, 0) is 4.79 Å². The van der Waals surface area contributed by atoms with Crippen molar-refractivity contribution in [3.8, 4) is 0 Å². The highest BCUT2D eigenvalue weighted by Gasteiger charge is 2.05. The Kier molecular flexibility index (Phi) is 6.49. The van der Waals surface area contributed by atoms with Crippen LogP contribution in [-0.4, -0.2) is 36.5 Å². The van der Waals surface area contributed by atoms with Gasteiger partial charge in [-0.25, -0.2) is 4.98 Å². The maximum atomic E-state index is 11.8. The van der Waals surface area contributed by atoms with Crippen molar-refractivity contribution in [3.63, 3.8) is 0 Å². The standard InChI is InChI=1S/C14H23N5O/c1-10(2)17-14(15-4)16-9-8-13(20)19-12-7-5-6-11(3)18-12/h5-7,10H,8-9H2,1-4H3,(H2,15,16,17)(H,18,19,20). The summed E-state index contributed by atoms with van der Waals surface area (Å²) in [5, 5.41) is 9.01. The van der Waals surface area contributed by atoms with Crippen LogP contribution in [0.4, 0.5) is 5.82 Å². The van der Waals surface area contributed by atoms with E-state index in [1.807, 2.05) is 32.9 Å². The smallest absolute Gasteiger partial charge is 0.227 e. The molecule has 0 aliphatic heterocycles. The lowest BCUT2D eigenvalue weighted by Crippen LogP contribution is -2.41. The van der Waals surface area contributed by atoms with Gasteiger partial charge in [-0.3, -0.25) is 9.79 Å². The number of hydrogen-bond acceptors (Lipinski definition) is 3. The van der Waals surface area contributed by atoms with Gasteiger partial charge in [-0.15, -0.1) is 0 Å². The van der Waals surface area contributed by atoms with E-state index in [0.717, 1.165) is 5.69 Å². The molecule has 0 saturated carbocycles. The van der Waals surface area contributed by atoms with Crippen LogP contribution in [0.15, 0.2) is 23.2 Å². The molecule has 6 nitrogen and oxygen atoms in total. The molecule has 1 amide bonds. The quantitative estimate of drug-likeness (QED) is 0.560. The van der Waals surface area contributed by atoms with Crippen molar-refractivity contribution >= 4 is 17.7 Å². The van der Waals surface area contributed by atoms with E-state index < -0.39 is 0 Å². The second-order valence-electron chi connectivity index (χ2n) is 4.76. The molecule has 1 heterocycles. The highest BCUT2D eigenvalue weighted by Crippen LogP contribution is 2.03. The zero-order valence-electron chi connectivity index (χ0n) is 12.5. The largest absolute Gasteiger partial charge is 0.356 e. The average Bonchev–Trinajstić information content (AvgIpc) is 2.37. The SMILES string of the molecule is CN=C(NCCC(=O)Nc1cccc(C)n1)NC(C)C. The summed E-state index contributed by atoms with van der Waals surface area (Å²) in [5.41, 5.74) is 0.877. The number of guanidine groups is 1. The van der Waals surface area contributed by atoms with Crippen LogP contribution < -0.4 is 16.0 Å². The summed E-state index contributed by atoms with van der Waals surface area (Å²) in [7, 11) is 1.70. The molecule has 0 unspecified atom stereocenters. The van der Waals surface area contributed by atoms with Crippen molar-refractivity contribution in [3.05, 3.63) is 23.9 Å². The first-order valence-electron chi connectivity index (χ1n) is 6.72. The molecule has 0 radical (unpaired) electrons. The predicted octanol–water partition coefficient (Wildman–Crippen LogP) is 1.29. The Morgan fingerprint density at radius 2 is 2.15 bits per heavy atom. The number of nitrogens with one attached hydrogen (secondary N) is 3. The van der Waals surface area contributed by atoms with E-state index in [0.29, 0.717) is 30.8 Å². The van der Waals surface area contributed by atoms with Crippen LogP contribution in [0.25, 0.3) is 0 Å². The van der Waals surface area contributed by atoms with Crippen LogP contribution in [0.3, 0.4) is 0 Å². The van der Waals surface area contributed by atoms with Crippen LogP contribution in [0.5, 0.6) is 0 Å². The van der Waals surface area contributed by atoms with Gasteiger partial charge in [-0.2, -0.15) is 0 Å². The summed E-state index contributed by atoms with van der Waals surface area (Å²) >= 11 is 0. The Morgan fingerprint density at radius 3 is 2.75 bits per heavy atom. The Bertz CT molecular complexity index is 470. The lowest BCUT2D eigenvalue weighted by molar-refractivity contribution is -0.116. The summed E-state index contributed by atoms with van der Waals surface area (Å²) in [6.45, 7) is 6.47. The summed E-state index contributed by atoms with van der Waals surface area (Å²) in [5.74, 6) is 1.21. The number of amides is 1. The van der Waals surface area contributed by atoms with E-state index in [1.165, 1.54) is 0 Å². The maximum absolute atomic E-state index is 11.8. The predicted molar refractivity (Wildman–Crippen MR) is 81.9 cm³/mol. The van der Waals surface area contributed by atoms with Gasteiger partial charge in [-0.05, 0) is 32.9 Å². The van der Waals surface area contributed by atoms with Crippen molar-refractivity contribution in [2.45, 2.75) is 33.2 Å². The molecular weight excluding hydrogens is 254 g/mol. The molecule has 0 saturated heterocycles. The highest BCUT2D eigenvalue weighted by molar-refractivity contribution is 5.90. The molecule has 20 heavy (non-hydrogen) atoms. The molecule has 0 atom stereocenters. The van der Waals surface area contributed by atoms with Crippen LogP contribution in [0.1, 0.15) is 26.0 Å². The van der Waals surface area contributed by atoms with Gasteiger partial charge in [0.15, 0.2) is 5.96 Å². The highest BCUT2D eigenvalue weighted by atomic mass is 16.1. The Morgan fingerprint density at radius 1 is 1.40 bits per heavy atom. The van der Waals surface area contributed by atoms with E-state index in [1.54, 1.807) is 13.1 Å². The topological polar surface area (TPSA) is 78.4 Å². The minimum absolute atomic E-state index is 0.0735. The van der Waals surface area contributed by atoms with E-state index >= 15 is 0 Å². The number of anilines is 1. The normalized spacial score (nSPS) is 11.3. The van der Waals surface area contributed by atoms with E-state index in [-0.39, 0.29) is 5.91 Å². The molecule has 110 valence electrons. The van der Waals surface area contributed by atoms with Crippen molar-refractivity contribution in [2.75, 3.05) is 18.9 Å². The molecule has 0 bridgehead atoms. The third-order valence-corrected chi connectivity index (χ3v) is 2.45. The number of nitrogens with zero attached hydrogens (tertiary/aromatic N) is 2. The van der Waals surface area contributed by atoms with Gasteiger partial charge >= 0.3 is 0 Å². The molecule has 0 fully saturated rings. The molecular formula is C14H23N5O. The number of hydrogen-bond donors (Lipinski definition) is 3. The van der Waals surface area contributed by atoms with E-state index in [4.69, 9.17) is 0 Å². The average molecular weight is 277 g/mol. The number of carbonyl (C=O) groups is 1. The van der Waals surface area contributed by atoms with Crippen LogP contribution in [0.2, 0.25) is 0 Å². The monoisotopic (exact) mass is 277 g/mol. The van der Waals surface area contributed by atoms with E-state index in [9.17, 15) is 4.79 Å². The zero-order valence-corrected chi connectivity index (χ0v) is 12.5. The first-order chi connectivity index (χ1) is 9.51. The fraction of sp³-hybridized carbons (Fsp3) is 0.500. The first kappa shape index (κ1) is 15.9. The van der Waals surface area contributed by atoms with Gasteiger partial charge < -0.3 is 16.0 Å². The molecule has 1 aromatic heterocycles. The molecule has 0 aliphatic rings. The molecule has 1 rings (SSSR count). The number of aliphatic imine (C=N–C) groups is 1. The van der Waals surface area contributed by atoms with Gasteiger partial charge in [-0.1, -0.05) is 6.07 Å². The molecule has 1 aromatic rings.